The molecule has 4 aromatic rings. The number of rotatable bonds is 6. The van der Waals surface area contributed by atoms with Gasteiger partial charge in [-0.3, -0.25) is 19.1 Å². The second-order valence-electron chi connectivity index (χ2n) is 9.93. The fourth-order valence-electron chi connectivity index (χ4n) is 4.83. The van der Waals surface area contributed by atoms with E-state index in [9.17, 15) is 9.59 Å². The number of carbonyl (C=O) groups is 1. The normalized spacial score (nSPS) is 13.3. The zero-order chi connectivity index (χ0) is 25.9. The smallest absolute Gasteiger partial charge is 0.257 e. The molecule has 0 atom stereocenters. The van der Waals surface area contributed by atoms with Crippen molar-refractivity contribution in [2.75, 3.05) is 11.9 Å². The molecule has 0 aliphatic carbocycles. The topological polar surface area (TPSA) is 67.2 Å². The third-order valence-electron chi connectivity index (χ3n) is 6.93. The maximum atomic E-state index is 13.8. The van der Waals surface area contributed by atoms with E-state index < -0.39 is 0 Å². The van der Waals surface area contributed by atoms with Crippen LogP contribution in [-0.4, -0.2) is 26.9 Å². The van der Waals surface area contributed by atoms with Gasteiger partial charge in [-0.1, -0.05) is 72.3 Å². The maximum absolute atomic E-state index is 13.8. The predicted octanol–water partition coefficient (Wildman–Crippen LogP) is 5.03. The molecular weight excluding hydrogens is 460 g/mol. The van der Waals surface area contributed by atoms with Crippen LogP contribution in [0.1, 0.15) is 33.5 Å². The summed E-state index contributed by atoms with van der Waals surface area (Å²) in [5, 5.41) is 2.99. The van der Waals surface area contributed by atoms with Crippen molar-refractivity contribution in [2.24, 2.45) is 0 Å². The Kier molecular flexibility index (Phi) is 7.01. The number of aromatic nitrogens is 2. The third-order valence-corrected chi connectivity index (χ3v) is 6.93. The minimum atomic E-state index is -0.243. The first-order valence-corrected chi connectivity index (χ1v) is 12.7. The Bertz CT molecular complexity index is 1490. The molecule has 1 amide bonds. The molecule has 2 heterocycles. The molecule has 3 aromatic carbocycles. The highest BCUT2D eigenvalue weighted by molar-refractivity contribution is 5.91. The molecule has 0 radical (unpaired) electrons. The van der Waals surface area contributed by atoms with E-state index in [4.69, 9.17) is 4.98 Å². The number of carbonyl (C=O) groups excluding carboxylic acids is 1. The van der Waals surface area contributed by atoms with Crippen LogP contribution in [0.25, 0.3) is 11.4 Å². The summed E-state index contributed by atoms with van der Waals surface area (Å²) in [4.78, 5) is 34.2. The molecule has 0 saturated heterocycles. The molecule has 0 bridgehead atoms. The predicted molar refractivity (Wildman–Crippen MR) is 147 cm³/mol. The summed E-state index contributed by atoms with van der Waals surface area (Å²) in [7, 11) is 0. The van der Waals surface area contributed by atoms with Crippen molar-refractivity contribution < 1.29 is 4.79 Å². The molecule has 0 saturated carbocycles. The number of nitrogens with zero attached hydrogens (tertiary/aromatic N) is 3. The van der Waals surface area contributed by atoms with Gasteiger partial charge in [0.15, 0.2) is 0 Å². The van der Waals surface area contributed by atoms with Crippen LogP contribution in [0.3, 0.4) is 0 Å². The summed E-state index contributed by atoms with van der Waals surface area (Å²) in [6.07, 6.45) is 0.612. The van der Waals surface area contributed by atoms with E-state index in [0.29, 0.717) is 24.4 Å². The number of amides is 1. The number of anilines is 1. The molecule has 1 N–H and O–H groups in total. The molecule has 0 fully saturated rings. The highest BCUT2D eigenvalue weighted by Crippen LogP contribution is 2.23. The summed E-state index contributed by atoms with van der Waals surface area (Å²) in [5.41, 5.74) is 7.37. The molecule has 1 aromatic heterocycles. The fourth-order valence-corrected chi connectivity index (χ4v) is 4.83. The number of fused-ring (bicyclic) bond motifs is 1. The Labute approximate surface area is 217 Å². The van der Waals surface area contributed by atoms with E-state index >= 15 is 0 Å². The van der Waals surface area contributed by atoms with E-state index in [-0.39, 0.29) is 18.0 Å². The van der Waals surface area contributed by atoms with Crippen LogP contribution >= 0.6 is 0 Å². The lowest BCUT2D eigenvalue weighted by Crippen LogP contribution is -2.39. The maximum Gasteiger partial charge on any atom is 0.257 e. The molecule has 0 unspecified atom stereocenters. The van der Waals surface area contributed by atoms with Gasteiger partial charge in [0.1, 0.15) is 12.4 Å². The van der Waals surface area contributed by atoms with Crippen molar-refractivity contribution in [3.05, 3.63) is 117 Å². The highest BCUT2D eigenvalue weighted by Gasteiger charge is 2.25. The first-order valence-electron chi connectivity index (χ1n) is 12.7. The minimum absolute atomic E-state index is 0.0938. The van der Waals surface area contributed by atoms with Gasteiger partial charge in [-0.15, -0.1) is 0 Å². The fraction of sp³-hybridized carbons (Fsp3) is 0.258. The quantitative estimate of drug-likeness (QED) is 0.410. The van der Waals surface area contributed by atoms with Crippen LogP contribution in [0.15, 0.2) is 77.6 Å². The Morgan fingerprint density at radius 2 is 1.68 bits per heavy atom. The molecule has 188 valence electrons. The standard InChI is InChI=1S/C31H32N4O2/c1-21-10-13-25(14-11-21)30-33-28-19-34(18-24-7-5-4-6-8-24)16-15-26(28)31(37)35(30)20-29(36)32-27-17-22(2)9-12-23(27)3/h4-14,17H,15-16,18-20H2,1-3H3,(H,32,36). The second-order valence-corrected chi connectivity index (χ2v) is 9.93. The lowest BCUT2D eigenvalue weighted by atomic mass is 10.0. The highest BCUT2D eigenvalue weighted by atomic mass is 16.2. The van der Waals surface area contributed by atoms with E-state index in [1.807, 2.05) is 81.4 Å². The Morgan fingerprint density at radius 1 is 0.946 bits per heavy atom. The summed E-state index contributed by atoms with van der Waals surface area (Å²) in [6.45, 7) is 8.07. The van der Waals surface area contributed by atoms with Crippen molar-refractivity contribution in [1.82, 2.24) is 14.5 Å². The summed E-state index contributed by atoms with van der Waals surface area (Å²) >= 11 is 0. The van der Waals surface area contributed by atoms with Crippen molar-refractivity contribution in [2.45, 2.75) is 46.8 Å². The van der Waals surface area contributed by atoms with Gasteiger partial charge in [0, 0.05) is 36.4 Å². The van der Waals surface area contributed by atoms with Crippen molar-refractivity contribution in [1.29, 1.82) is 0 Å². The molecule has 6 heteroatoms. The number of aryl methyl sites for hydroxylation is 3. The van der Waals surface area contributed by atoms with Crippen molar-refractivity contribution in [3.63, 3.8) is 0 Å². The number of hydrogen-bond acceptors (Lipinski definition) is 4. The van der Waals surface area contributed by atoms with Crippen LogP contribution in [-0.2, 0) is 30.8 Å². The lowest BCUT2D eigenvalue weighted by Gasteiger charge is -2.29. The Balaban J connectivity index is 1.49. The van der Waals surface area contributed by atoms with Gasteiger partial charge in [-0.05, 0) is 49.9 Å². The van der Waals surface area contributed by atoms with Gasteiger partial charge in [0.25, 0.3) is 5.56 Å². The van der Waals surface area contributed by atoms with Crippen LogP contribution in [0.2, 0.25) is 0 Å². The average molecular weight is 493 g/mol. The monoisotopic (exact) mass is 492 g/mol. The third kappa shape index (κ3) is 5.54. The van der Waals surface area contributed by atoms with E-state index in [2.05, 4.69) is 22.3 Å². The van der Waals surface area contributed by atoms with Gasteiger partial charge in [0.2, 0.25) is 5.91 Å². The zero-order valence-corrected chi connectivity index (χ0v) is 21.6. The molecule has 0 spiro atoms. The van der Waals surface area contributed by atoms with E-state index in [1.165, 1.54) is 10.1 Å². The van der Waals surface area contributed by atoms with Crippen LogP contribution < -0.4 is 10.9 Å². The molecule has 1 aliphatic heterocycles. The van der Waals surface area contributed by atoms with Crippen LogP contribution in [0.5, 0.6) is 0 Å². The van der Waals surface area contributed by atoms with Crippen molar-refractivity contribution in [3.8, 4) is 11.4 Å². The zero-order valence-electron chi connectivity index (χ0n) is 21.6. The lowest BCUT2D eigenvalue weighted by molar-refractivity contribution is -0.116. The molecule has 1 aliphatic rings. The molecule has 6 nitrogen and oxygen atoms in total. The Morgan fingerprint density at radius 3 is 2.43 bits per heavy atom. The molecule has 37 heavy (non-hydrogen) atoms. The summed E-state index contributed by atoms with van der Waals surface area (Å²) < 4.78 is 1.54. The number of nitrogens with one attached hydrogen (secondary N) is 1. The van der Waals surface area contributed by atoms with Crippen molar-refractivity contribution >= 4 is 11.6 Å². The SMILES string of the molecule is Cc1ccc(-c2nc3c(c(=O)n2CC(=O)Nc2cc(C)ccc2C)CCN(Cc2ccccc2)C3)cc1. The van der Waals surface area contributed by atoms with Gasteiger partial charge in [-0.25, -0.2) is 4.98 Å². The van der Waals surface area contributed by atoms with Gasteiger partial charge < -0.3 is 5.32 Å². The van der Waals surface area contributed by atoms with Gasteiger partial charge >= 0.3 is 0 Å². The number of benzene rings is 3. The molecular formula is C31H32N4O2. The summed E-state index contributed by atoms with van der Waals surface area (Å²) in [6, 6.07) is 24.2. The van der Waals surface area contributed by atoms with Gasteiger partial charge in [-0.2, -0.15) is 0 Å². The Hall–Kier alpha value is -4.03. The minimum Gasteiger partial charge on any atom is -0.324 e. The van der Waals surface area contributed by atoms with Crippen LogP contribution in [0.4, 0.5) is 5.69 Å². The molecule has 5 rings (SSSR count). The van der Waals surface area contributed by atoms with E-state index in [1.54, 1.807) is 0 Å². The largest absolute Gasteiger partial charge is 0.324 e. The van der Waals surface area contributed by atoms with Crippen LogP contribution in [0, 0.1) is 20.8 Å². The average Bonchev–Trinajstić information content (AvgIpc) is 2.89. The second kappa shape index (κ2) is 10.5. The first-order chi connectivity index (χ1) is 17.9. The summed E-state index contributed by atoms with van der Waals surface area (Å²) in [5.74, 6) is 0.286. The first kappa shape index (κ1) is 24.7. The van der Waals surface area contributed by atoms with E-state index in [0.717, 1.165) is 46.7 Å². The number of hydrogen-bond donors (Lipinski definition) is 1. The van der Waals surface area contributed by atoms with Gasteiger partial charge in [0.05, 0.1) is 5.69 Å².